The second kappa shape index (κ2) is 5.30. The predicted molar refractivity (Wildman–Crippen MR) is 75.6 cm³/mol. The van der Waals surface area contributed by atoms with Gasteiger partial charge in [0.1, 0.15) is 8.07 Å². The van der Waals surface area contributed by atoms with Gasteiger partial charge in [0.2, 0.25) is 0 Å². The third-order valence-electron chi connectivity index (χ3n) is 3.25. The number of rotatable bonds is 4. The SMILES string of the molecule is COC[Si](C)(c1ccccc1)c1ccccc1. The summed E-state index contributed by atoms with van der Waals surface area (Å²) in [6.07, 6.45) is 0.820. The standard InChI is InChI=1S/C15H18OSi/c1-16-13-17(2,14-9-5-3-6-10-14)15-11-7-4-8-12-15/h3-12H,13H2,1-2H3. The average molecular weight is 242 g/mol. The van der Waals surface area contributed by atoms with E-state index >= 15 is 0 Å². The zero-order chi connectivity index (χ0) is 12.1. The quantitative estimate of drug-likeness (QED) is 0.746. The second-order valence-corrected chi connectivity index (χ2v) is 8.60. The largest absolute Gasteiger partial charge is 0.387 e. The van der Waals surface area contributed by atoms with Crippen LogP contribution in [0, 0.1) is 0 Å². The van der Waals surface area contributed by atoms with Gasteiger partial charge in [0.25, 0.3) is 0 Å². The van der Waals surface area contributed by atoms with Gasteiger partial charge in [0.05, 0.1) is 0 Å². The maximum absolute atomic E-state index is 5.48. The first kappa shape index (κ1) is 12.1. The Hall–Kier alpha value is -1.38. The lowest BCUT2D eigenvalue weighted by molar-refractivity contribution is 0.248. The molecule has 2 rings (SSSR count). The van der Waals surface area contributed by atoms with Crippen molar-refractivity contribution in [2.45, 2.75) is 6.55 Å². The van der Waals surface area contributed by atoms with Gasteiger partial charge in [-0.15, -0.1) is 0 Å². The molecule has 88 valence electrons. The highest BCUT2D eigenvalue weighted by Gasteiger charge is 2.31. The molecule has 1 nitrogen and oxygen atoms in total. The van der Waals surface area contributed by atoms with Gasteiger partial charge >= 0.3 is 0 Å². The summed E-state index contributed by atoms with van der Waals surface area (Å²) in [5.74, 6) is 0. The summed E-state index contributed by atoms with van der Waals surface area (Å²) < 4.78 is 5.48. The lowest BCUT2D eigenvalue weighted by Gasteiger charge is -2.27. The highest BCUT2D eigenvalue weighted by molar-refractivity contribution is 7.01. The first-order valence-corrected chi connectivity index (χ1v) is 8.58. The van der Waals surface area contributed by atoms with Crippen molar-refractivity contribution >= 4 is 18.4 Å². The number of methoxy groups -OCH3 is 1. The second-order valence-electron chi connectivity index (χ2n) is 4.50. The van der Waals surface area contributed by atoms with Gasteiger partial charge in [-0.2, -0.15) is 0 Å². The van der Waals surface area contributed by atoms with E-state index in [1.165, 1.54) is 10.4 Å². The molecule has 0 unspecified atom stereocenters. The molecule has 0 amide bonds. The summed E-state index contributed by atoms with van der Waals surface area (Å²) >= 11 is 0. The maximum Gasteiger partial charge on any atom is 0.142 e. The maximum atomic E-state index is 5.48. The third kappa shape index (κ3) is 2.48. The lowest BCUT2D eigenvalue weighted by atomic mass is 10.4. The monoisotopic (exact) mass is 242 g/mol. The molecule has 0 saturated carbocycles. The van der Waals surface area contributed by atoms with E-state index in [4.69, 9.17) is 4.74 Å². The Kier molecular flexibility index (Phi) is 3.77. The van der Waals surface area contributed by atoms with Crippen LogP contribution < -0.4 is 10.4 Å². The van der Waals surface area contributed by atoms with Crippen LogP contribution in [0.3, 0.4) is 0 Å². The van der Waals surface area contributed by atoms with E-state index < -0.39 is 8.07 Å². The van der Waals surface area contributed by atoms with Crippen LogP contribution in [0.15, 0.2) is 60.7 Å². The molecule has 0 atom stereocenters. The molecule has 0 fully saturated rings. The molecule has 0 saturated heterocycles. The van der Waals surface area contributed by atoms with Crippen LogP contribution in [0.5, 0.6) is 0 Å². The fraction of sp³-hybridized carbons (Fsp3) is 0.200. The van der Waals surface area contributed by atoms with Crippen LogP contribution in [0.1, 0.15) is 0 Å². The number of hydrogen-bond donors (Lipinski definition) is 0. The van der Waals surface area contributed by atoms with Gasteiger partial charge in [0, 0.05) is 13.3 Å². The minimum atomic E-state index is -1.72. The van der Waals surface area contributed by atoms with Crippen molar-refractivity contribution in [1.29, 1.82) is 0 Å². The molecule has 0 spiro atoms. The molecule has 0 aliphatic heterocycles. The first-order chi connectivity index (χ1) is 8.27. The van der Waals surface area contributed by atoms with Gasteiger partial charge in [-0.1, -0.05) is 77.6 Å². The minimum Gasteiger partial charge on any atom is -0.387 e. The smallest absolute Gasteiger partial charge is 0.142 e. The highest BCUT2D eigenvalue weighted by atomic mass is 28.3. The van der Waals surface area contributed by atoms with Gasteiger partial charge in [-0.05, 0) is 0 Å². The van der Waals surface area contributed by atoms with E-state index in [0.29, 0.717) is 0 Å². The van der Waals surface area contributed by atoms with Gasteiger partial charge < -0.3 is 4.74 Å². The van der Waals surface area contributed by atoms with E-state index in [9.17, 15) is 0 Å². The first-order valence-electron chi connectivity index (χ1n) is 5.87. The highest BCUT2D eigenvalue weighted by Crippen LogP contribution is 2.05. The predicted octanol–water partition coefficient (Wildman–Crippen LogP) is 2.06. The number of ether oxygens (including phenoxy) is 1. The molecule has 17 heavy (non-hydrogen) atoms. The topological polar surface area (TPSA) is 9.23 Å². The zero-order valence-electron chi connectivity index (χ0n) is 10.4. The summed E-state index contributed by atoms with van der Waals surface area (Å²) in [7, 11) is 0.0650. The van der Waals surface area contributed by atoms with Crippen LogP contribution in [0.25, 0.3) is 0 Å². The Morgan fingerprint density at radius 1 is 0.824 bits per heavy atom. The van der Waals surface area contributed by atoms with Crippen molar-refractivity contribution in [3.8, 4) is 0 Å². The molecule has 0 radical (unpaired) electrons. The van der Waals surface area contributed by atoms with Crippen LogP contribution in [-0.4, -0.2) is 21.4 Å². The molecular weight excluding hydrogens is 224 g/mol. The third-order valence-corrected chi connectivity index (χ3v) is 7.34. The molecule has 0 heterocycles. The van der Waals surface area contributed by atoms with E-state index in [1.54, 1.807) is 7.11 Å². The fourth-order valence-corrected chi connectivity index (χ4v) is 5.33. The Labute approximate surface area is 104 Å². The minimum absolute atomic E-state index is 0.820. The summed E-state index contributed by atoms with van der Waals surface area (Å²) in [4.78, 5) is 0. The molecule has 0 aliphatic carbocycles. The van der Waals surface area contributed by atoms with Crippen LogP contribution in [-0.2, 0) is 4.74 Å². The van der Waals surface area contributed by atoms with Crippen LogP contribution >= 0.6 is 0 Å². The summed E-state index contributed by atoms with van der Waals surface area (Å²) in [6, 6.07) is 21.5. The molecule has 0 aromatic heterocycles. The summed E-state index contributed by atoms with van der Waals surface area (Å²) in [6.45, 7) is 2.36. The number of hydrogen-bond acceptors (Lipinski definition) is 1. The van der Waals surface area contributed by atoms with Crippen molar-refractivity contribution in [3.05, 3.63) is 60.7 Å². The Balaban J connectivity index is 2.47. The van der Waals surface area contributed by atoms with Crippen molar-refractivity contribution in [1.82, 2.24) is 0 Å². The van der Waals surface area contributed by atoms with Gasteiger partial charge in [-0.3, -0.25) is 0 Å². The normalized spacial score (nSPS) is 11.4. The molecule has 0 aliphatic rings. The van der Waals surface area contributed by atoms with Gasteiger partial charge in [0.15, 0.2) is 0 Å². The van der Waals surface area contributed by atoms with Crippen LogP contribution in [0.4, 0.5) is 0 Å². The van der Waals surface area contributed by atoms with E-state index in [2.05, 4.69) is 67.2 Å². The van der Waals surface area contributed by atoms with E-state index in [-0.39, 0.29) is 0 Å². The van der Waals surface area contributed by atoms with E-state index in [1.807, 2.05) is 0 Å². The molecule has 2 aromatic carbocycles. The van der Waals surface area contributed by atoms with Crippen molar-refractivity contribution < 1.29 is 4.74 Å². The summed E-state index contributed by atoms with van der Waals surface area (Å²) in [5.41, 5.74) is 0. The molecule has 2 heteroatoms. The zero-order valence-corrected chi connectivity index (χ0v) is 11.4. The van der Waals surface area contributed by atoms with Crippen LogP contribution in [0.2, 0.25) is 6.55 Å². The average Bonchev–Trinajstić information content (AvgIpc) is 2.41. The molecule has 2 aromatic rings. The molecule has 0 bridgehead atoms. The summed E-state index contributed by atoms with van der Waals surface area (Å²) in [5, 5.41) is 2.85. The lowest BCUT2D eigenvalue weighted by Crippen LogP contribution is -2.59. The molecular formula is C15H18OSi. The van der Waals surface area contributed by atoms with E-state index in [0.717, 1.165) is 6.23 Å². The molecule has 0 N–H and O–H groups in total. The Morgan fingerprint density at radius 3 is 1.59 bits per heavy atom. The van der Waals surface area contributed by atoms with Crippen molar-refractivity contribution in [2.75, 3.05) is 13.3 Å². The van der Waals surface area contributed by atoms with Gasteiger partial charge in [-0.25, -0.2) is 0 Å². The number of benzene rings is 2. The van der Waals surface area contributed by atoms with Crippen molar-refractivity contribution in [3.63, 3.8) is 0 Å². The Morgan fingerprint density at radius 2 is 1.24 bits per heavy atom. The van der Waals surface area contributed by atoms with Crippen molar-refractivity contribution in [2.24, 2.45) is 0 Å². The fourth-order valence-electron chi connectivity index (χ4n) is 2.23. The Bertz CT molecular complexity index is 413.